The Morgan fingerprint density at radius 1 is 1.33 bits per heavy atom. The summed E-state index contributed by atoms with van der Waals surface area (Å²) >= 11 is 1.38. The van der Waals surface area contributed by atoms with Gasteiger partial charge < -0.3 is 10.2 Å². The van der Waals surface area contributed by atoms with E-state index in [1.807, 2.05) is 20.4 Å². The van der Waals surface area contributed by atoms with Crippen LogP contribution in [0.3, 0.4) is 0 Å². The zero-order valence-electron chi connectivity index (χ0n) is 9.09. The third kappa shape index (κ3) is 4.63. The van der Waals surface area contributed by atoms with Crippen molar-refractivity contribution >= 4 is 23.7 Å². The van der Waals surface area contributed by atoms with Gasteiger partial charge in [-0.1, -0.05) is 0 Å². The van der Waals surface area contributed by atoms with Crippen molar-refractivity contribution in [2.75, 3.05) is 25.3 Å². The minimum Gasteiger partial charge on any atom is -0.357 e. The van der Waals surface area contributed by atoms with Crippen molar-refractivity contribution in [2.24, 2.45) is 0 Å². The number of thioether (sulfide) groups is 1. The van der Waals surface area contributed by atoms with Crippen LogP contribution in [0.4, 0.5) is 11.9 Å². The molecular formula is C7H9KN6S. The van der Waals surface area contributed by atoms with Crippen LogP contribution >= 0.6 is 11.8 Å². The SMILES string of the molecule is CSc1nc([N-]C#N)nc(N(C)C)n1.[K+]. The number of hydrogen-bond acceptors (Lipinski definition) is 6. The molecule has 0 aliphatic rings. The number of nitrogens with zero attached hydrogens (tertiary/aromatic N) is 6. The third-order valence-electron chi connectivity index (χ3n) is 1.32. The van der Waals surface area contributed by atoms with E-state index < -0.39 is 0 Å². The Hall–Kier alpha value is 0.0864. The number of anilines is 1. The van der Waals surface area contributed by atoms with Gasteiger partial charge in [0, 0.05) is 14.1 Å². The molecule has 6 nitrogen and oxygen atoms in total. The largest absolute Gasteiger partial charge is 1.00 e. The molecule has 0 atom stereocenters. The second kappa shape index (κ2) is 7.37. The van der Waals surface area contributed by atoms with E-state index in [4.69, 9.17) is 5.26 Å². The van der Waals surface area contributed by atoms with Crippen molar-refractivity contribution in [3.63, 3.8) is 0 Å². The van der Waals surface area contributed by atoms with Crippen molar-refractivity contribution in [1.29, 1.82) is 5.26 Å². The topological polar surface area (TPSA) is 79.8 Å². The van der Waals surface area contributed by atoms with Crippen LogP contribution in [0.25, 0.3) is 5.32 Å². The Labute approximate surface area is 135 Å². The van der Waals surface area contributed by atoms with Crippen LogP contribution in [-0.2, 0) is 0 Å². The fourth-order valence-corrected chi connectivity index (χ4v) is 1.07. The van der Waals surface area contributed by atoms with Crippen LogP contribution in [0.15, 0.2) is 5.16 Å². The van der Waals surface area contributed by atoms with Gasteiger partial charge in [-0.3, -0.25) is 15.3 Å². The van der Waals surface area contributed by atoms with Crippen LogP contribution in [0.5, 0.6) is 0 Å². The average molecular weight is 248 g/mol. The van der Waals surface area contributed by atoms with Gasteiger partial charge in [0.05, 0.1) is 12.1 Å². The Kier molecular flexibility index (Phi) is 7.42. The van der Waals surface area contributed by atoms with Gasteiger partial charge in [-0.25, -0.2) is 4.98 Å². The predicted octanol–water partition coefficient (Wildman–Crippen LogP) is -1.85. The Morgan fingerprint density at radius 2 is 2.00 bits per heavy atom. The normalized spacial score (nSPS) is 8.67. The fraction of sp³-hybridized carbons (Fsp3) is 0.429. The molecule has 1 aromatic rings. The summed E-state index contributed by atoms with van der Waals surface area (Å²) in [5, 5.41) is 12.4. The van der Waals surface area contributed by atoms with E-state index in [0.717, 1.165) is 0 Å². The third-order valence-corrected chi connectivity index (χ3v) is 1.87. The van der Waals surface area contributed by atoms with Gasteiger partial charge in [-0.05, 0) is 6.26 Å². The number of aromatic nitrogens is 3. The molecule has 0 saturated carbocycles. The summed E-state index contributed by atoms with van der Waals surface area (Å²) in [7, 11) is 3.63. The van der Waals surface area contributed by atoms with Crippen molar-refractivity contribution in [2.45, 2.75) is 5.16 Å². The molecule has 1 rings (SSSR count). The van der Waals surface area contributed by atoms with E-state index in [1.165, 1.54) is 11.8 Å². The molecular weight excluding hydrogens is 239 g/mol. The van der Waals surface area contributed by atoms with Gasteiger partial charge in [-0.2, -0.15) is 0 Å². The van der Waals surface area contributed by atoms with Crippen molar-refractivity contribution in [1.82, 2.24) is 15.0 Å². The zero-order valence-corrected chi connectivity index (χ0v) is 13.0. The van der Waals surface area contributed by atoms with E-state index in [9.17, 15) is 0 Å². The van der Waals surface area contributed by atoms with E-state index in [2.05, 4.69) is 20.3 Å². The zero-order chi connectivity index (χ0) is 10.6. The van der Waals surface area contributed by atoms with E-state index in [0.29, 0.717) is 11.1 Å². The molecule has 0 aromatic carbocycles. The summed E-state index contributed by atoms with van der Waals surface area (Å²) in [6.45, 7) is 0. The van der Waals surface area contributed by atoms with Crippen LogP contribution in [0.1, 0.15) is 0 Å². The monoisotopic (exact) mass is 248 g/mol. The van der Waals surface area contributed by atoms with E-state index >= 15 is 0 Å². The molecule has 8 heteroatoms. The van der Waals surface area contributed by atoms with E-state index in [-0.39, 0.29) is 57.3 Å². The van der Waals surface area contributed by atoms with Crippen LogP contribution in [0, 0.1) is 11.5 Å². The fourth-order valence-electron chi connectivity index (χ4n) is 0.722. The van der Waals surface area contributed by atoms with Gasteiger partial charge in [0.2, 0.25) is 0 Å². The number of hydrogen-bond donors (Lipinski definition) is 0. The molecule has 74 valence electrons. The smallest absolute Gasteiger partial charge is 0.357 e. The Bertz CT molecular complexity index is 363. The first-order valence-electron chi connectivity index (χ1n) is 3.74. The molecule has 0 amide bonds. The van der Waals surface area contributed by atoms with Gasteiger partial charge in [0.1, 0.15) is 5.16 Å². The van der Waals surface area contributed by atoms with Gasteiger partial charge >= 0.3 is 51.4 Å². The minimum absolute atomic E-state index is 0. The molecule has 15 heavy (non-hydrogen) atoms. The molecule has 0 spiro atoms. The van der Waals surface area contributed by atoms with Crippen molar-refractivity contribution < 1.29 is 51.4 Å². The second-order valence-corrected chi connectivity index (χ2v) is 3.30. The van der Waals surface area contributed by atoms with Crippen molar-refractivity contribution in [3.05, 3.63) is 5.32 Å². The number of nitriles is 1. The first-order valence-corrected chi connectivity index (χ1v) is 4.97. The first kappa shape index (κ1) is 15.1. The van der Waals surface area contributed by atoms with Crippen LogP contribution in [-0.4, -0.2) is 35.3 Å². The van der Waals surface area contributed by atoms with Crippen LogP contribution < -0.4 is 56.3 Å². The summed E-state index contributed by atoms with van der Waals surface area (Å²) in [5.41, 5.74) is 0. The predicted molar refractivity (Wildman–Crippen MR) is 54.6 cm³/mol. The molecule has 1 aromatic heterocycles. The summed E-state index contributed by atoms with van der Waals surface area (Å²) < 4.78 is 0. The summed E-state index contributed by atoms with van der Waals surface area (Å²) in [6, 6.07) is 0. The Balaban J connectivity index is 0.00000196. The van der Waals surface area contributed by atoms with Gasteiger partial charge in [0.25, 0.3) is 0 Å². The van der Waals surface area contributed by atoms with Crippen molar-refractivity contribution in [3.8, 4) is 6.19 Å². The average Bonchev–Trinajstić information content (AvgIpc) is 2.17. The molecule has 0 saturated heterocycles. The van der Waals surface area contributed by atoms with Crippen LogP contribution in [0.2, 0.25) is 0 Å². The minimum atomic E-state index is 0. The quantitative estimate of drug-likeness (QED) is 0.355. The maximum absolute atomic E-state index is 8.38. The summed E-state index contributed by atoms with van der Waals surface area (Å²) in [6.07, 6.45) is 3.50. The number of rotatable bonds is 3. The molecule has 0 radical (unpaired) electrons. The molecule has 0 aliphatic heterocycles. The van der Waals surface area contributed by atoms with Gasteiger partial charge in [0.15, 0.2) is 5.95 Å². The van der Waals surface area contributed by atoms with Gasteiger partial charge in [-0.15, -0.1) is 11.8 Å². The molecule has 0 N–H and O–H groups in total. The molecule has 0 aliphatic carbocycles. The van der Waals surface area contributed by atoms with E-state index in [1.54, 1.807) is 11.1 Å². The molecule has 1 heterocycles. The summed E-state index contributed by atoms with van der Waals surface area (Å²) in [5.74, 6) is 0.647. The standard InChI is InChI=1S/C7H9N6S.K/c1-13(2)6-10-5(9-4-8)11-7(12-6)14-3;/h1-3H3;/q-1;+1. The maximum atomic E-state index is 8.38. The second-order valence-electron chi connectivity index (χ2n) is 2.53. The maximum Gasteiger partial charge on any atom is 1.00 e. The first-order chi connectivity index (χ1) is 6.67. The summed E-state index contributed by atoms with van der Waals surface area (Å²) in [4.78, 5) is 13.8. The Morgan fingerprint density at radius 3 is 2.47 bits per heavy atom. The molecule has 0 bridgehead atoms. The molecule has 0 unspecified atom stereocenters. The molecule has 0 fully saturated rings.